The van der Waals surface area contributed by atoms with Crippen LogP contribution in [-0.4, -0.2) is 52.6 Å². The second-order valence-electron chi connectivity index (χ2n) is 5.50. The van der Waals surface area contributed by atoms with Crippen LogP contribution in [0.4, 0.5) is 0 Å². The number of methoxy groups -OCH3 is 1. The molecule has 2 aromatic rings. The molecule has 0 saturated carbocycles. The number of ether oxygens (including phenoxy) is 2. The zero-order valence-electron chi connectivity index (χ0n) is 13.3. The monoisotopic (exact) mass is 316 g/mol. The predicted molar refractivity (Wildman–Crippen MR) is 83.0 cm³/mol. The number of nitrogens with zero attached hydrogens (tertiary/aromatic N) is 4. The van der Waals surface area contributed by atoms with Crippen molar-refractivity contribution in [2.75, 3.05) is 26.8 Å². The Morgan fingerprint density at radius 3 is 3.09 bits per heavy atom. The van der Waals surface area contributed by atoms with Gasteiger partial charge in [-0.1, -0.05) is 17.3 Å². The van der Waals surface area contributed by atoms with Gasteiger partial charge in [0.05, 0.1) is 38.6 Å². The molecule has 3 rings (SSSR count). The van der Waals surface area contributed by atoms with Crippen molar-refractivity contribution in [2.24, 2.45) is 7.05 Å². The van der Waals surface area contributed by atoms with Gasteiger partial charge in [0.15, 0.2) is 0 Å². The van der Waals surface area contributed by atoms with Gasteiger partial charge < -0.3 is 14.4 Å². The van der Waals surface area contributed by atoms with E-state index in [1.807, 2.05) is 29.2 Å². The van der Waals surface area contributed by atoms with E-state index in [0.29, 0.717) is 26.1 Å². The molecule has 1 aromatic carbocycles. The molecule has 7 nitrogen and oxygen atoms in total. The SMILES string of the molecule is COc1cccc(C2CN(C(=O)Cc3cnnn3C)CCO2)c1. The van der Waals surface area contributed by atoms with Crippen LogP contribution in [0.15, 0.2) is 30.5 Å². The molecule has 7 heteroatoms. The smallest absolute Gasteiger partial charge is 0.228 e. The summed E-state index contributed by atoms with van der Waals surface area (Å²) in [6.45, 7) is 1.67. The minimum absolute atomic E-state index is 0.0617. The molecule has 1 aliphatic heterocycles. The van der Waals surface area contributed by atoms with E-state index < -0.39 is 0 Å². The molecular weight excluding hydrogens is 296 g/mol. The van der Waals surface area contributed by atoms with Crippen molar-refractivity contribution in [1.82, 2.24) is 19.9 Å². The largest absolute Gasteiger partial charge is 0.497 e. The highest BCUT2D eigenvalue weighted by Gasteiger charge is 2.26. The number of carbonyl (C=O) groups is 1. The molecule has 2 heterocycles. The molecule has 1 atom stereocenters. The summed E-state index contributed by atoms with van der Waals surface area (Å²) in [6, 6.07) is 7.76. The van der Waals surface area contributed by atoms with Gasteiger partial charge in [-0.2, -0.15) is 0 Å². The van der Waals surface area contributed by atoms with Gasteiger partial charge in [0.1, 0.15) is 11.9 Å². The predicted octanol–water partition coefficient (Wildman–Crippen LogP) is 0.966. The minimum Gasteiger partial charge on any atom is -0.497 e. The fraction of sp³-hybridized carbons (Fsp3) is 0.438. The summed E-state index contributed by atoms with van der Waals surface area (Å²) in [5.41, 5.74) is 1.82. The number of rotatable bonds is 4. The molecule has 1 saturated heterocycles. The summed E-state index contributed by atoms with van der Waals surface area (Å²) in [5.74, 6) is 0.849. The zero-order chi connectivity index (χ0) is 16.2. The fourth-order valence-electron chi connectivity index (χ4n) is 2.66. The molecule has 0 N–H and O–H groups in total. The fourth-order valence-corrected chi connectivity index (χ4v) is 2.66. The van der Waals surface area contributed by atoms with Crippen molar-refractivity contribution in [3.63, 3.8) is 0 Å². The van der Waals surface area contributed by atoms with Gasteiger partial charge in [-0.25, -0.2) is 0 Å². The molecule has 0 radical (unpaired) electrons. The Balaban J connectivity index is 1.68. The first kappa shape index (κ1) is 15.5. The third-order valence-electron chi connectivity index (χ3n) is 4.03. The van der Waals surface area contributed by atoms with Crippen molar-refractivity contribution < 1.29 is 14.3 Å². The first-order valence-corrected chi connectivity index (χ1v) is 7.54. The molecule has 0 aliphatic carbocycles. The average Bonchev–Trinajstić information content (AvgIpc) is 3.00. The number of hydrogen-bond donors (Lipinski definition) is 0. The maximum Gasteiger partial charge on any atom is 0.228 e. The minimum atomic E-state index is -0.132. The second kappa shape index (κ2) is 6.78. The van der Waals surface area contributed by atoms with Crippen molar-refractivity contribution in [1.29, 1.82) is 0 Å². The molecule has 122 valence electrons. The van der Waals surface area contributed by atoms with Crippen LogP contribution < -0.4 is 4.74 Å². The van der Waals surface area contributed by atoms with E-state index in [1.54, 1.807) is 25.0 Å². The molecule has 23 heavy (non-hydrogen) atoms. The second-order valence-corrected chi connectivity index (χ2v) is 5.50. The summed E-state index contributed by atoms with van der Waals surface area (Å²) < 4.78 is 12.7. The summed E-state index contributed by atoms with van der Waals surface area (Å²) in [5, 5.41) is 7.66. The number of aryl methyl sites for hydroxylation is 1. The van der Waals surface area contributed by atoms with Crippen LogP contribution in [0, 0.1) is 0 Å². The van der Waals surface area contributed by atoms with E-state index in [-0.39, 0.29) is 12.0 Å². The number of hydrogen-bond acceptors (Lipinski definition) is 5. The number of benzene rings is 1. The summed E-state index contributed by atoms with van der Waals surface area (Å²) in [4.78, 5) is 14.3. The Morgan fingerprint density at radius 2 is 2.35 bits per heavy atom. The van der Waals surface area contributed by atoms with Crippen LogP contribution in [0.5, 0.6) is 5.75 Å². The van der Waals surface area contributed by atoms with Crippen molar-refractivity contribution in [2.45, 2.75) is 12.5 Å². The molecule has 1 aromatic heterocycles. The van der Waals surface area contributed by atoms with Gasteiger partial charge in [0, 0.05) is 13.6 Å². The molecule has 1 unspecified atom stereocenters. The normalized spacial score (nSPS) is 18.0. The van der Waals surface area contributed by atoms with E-state index in [9.17, 15) is 4.79 Å². The van der Waals surface area contributed by atoms with Gasteiger partial charge in [-0.05, 0) is 17.7 Å². The third kappa shape index (κ3) is 3.50. The first-order valence-electron chi connectivity index (χ1n) is 7.54. The summed E-state index contributed by atoms with van der Waals surface area (Å²) in [6.07, 6.45) is 1.79. The van der Waals surface area contributed by atoms with E-state index in [1.165, 1.54) is 0 Å². The Hall–Kier alpha value is -2.41. The van der Waals surface area contributed by atoms with Gasteiger partial charge in [0.2, 0.25) is 5.91 Å². The molecule has 1 aliphatic rings. The van der Waals surface area contributed by atoms with E-state index in [0.717, 1.165) is 17.0 Å². The van der Waals surface area contributed by atoms with Crippen molar-refractivity contribution in [3.8, 4) is 5.75 Å². The maximum absolute atomic E-state index is 12.5. The lowest BCUT2D eigenvalue weighted by atomic mass is 10.1. The number of amides is 1. The topological polar surface area (TPSA) is 69.5 Å². The van der Waals surface area contributed by atoms with Crippen LogP contribution in [-0.2, 0) is 23.0 Å². The van der Waals surface area contributed by atoms with Crippen LogP contribution in [0.25, 0.3) is 0 Å². The summed E-state index contributed by atoms with van der Waals surface area (Å²) in [7, 11) is 3.42. The van der Waals surface area contributed by atoms with Crippen LogP contribution in [0.2, 0.25) is 0 Å². The Kier molecular flexibility index (Phi) is 4.57. The number of carbonyl (C=O) groups excluding carboxylic acids is 1. The van der Waals surface area contributed by atoms with Gasteiger partial charge in [-0.3, -0.25) is 9.48 Å². The molecular formula is C16H20N4O3. The lowest BCUT2D eigenvalue weighted by Gasteiger charge is -2.33. The standard InChI is InChI=1S/C16H20N4O3/c1-19-13(10-17-18-19)9-16(21)20-6-7-23-15(11-20)12-4-3-5-14(8-12)22-2/h3-5,8,10,15H,6-7,9,11H2,1-2H3. The molecule has 1 amide bonds. The first-order chi connectivity index (χ1) is 11.2. The lowest BCUT2D eigenvalue weighted by molar-refractivity contribution is -0.138. The van der Waals surface area contributed by atoms with Gasteiger partial charge in [-0.15, -0.1) is 5.10 Å². The number of morpholine rings is 1. The Labute approximate surface area is 134 Å². The van der Waals surface area contributed by atoms with Crippen molar-refractivity contribution >= 4 is 5.91 Å². The highest BCUT2D eigenvalue weighted by molar-refractivity contribution is 5.78. The van der Waals surface area contributed by atoms with Gasteiger partial charge in [0.25, 0.3) is 0 Å². The zero-order valence-corrected chi connectivity index (χ0v) is 13.3. The average molecular weight is 316 g/mol. The van der Waals surface area contributed by atoms with E-state index >= 15 is 0 Å². The van der Waals surface area contributed by atoms with Crippen LogP contribution >= 0.6 is 0 Å². The summed E-state index contributed by atoms with van der Waals surface area (Å²) >= 11 is 0. The third-order valence-corrected chi connectivity index (χ3v) is 4.03. The highest BCUT2D eigenvalue weighted by Crippen LogP contribution is 2.25. The van der Waals surface area contributed by atoms with Crippen molar-refractivity contribution in [3.05, 3.63) is 41.7 Å². The lowest BCUT2D eigenvalue weighted by Crippen LogP contribution is -2.43. The van der Waals surface area contributed by atoms with E-state index in [4.69, 9.17) is 9.47 Å². The molecule has 0 bridgehead atoms. The highest BCUT2D eigenvalue weighted by atomic mass is 16.5. The molecule has 1 fully saturated rings. The Bertz CT molecular complexity index is 685. The van der Waals surface area contributed by atoms with Crippen LogP contribution in [0.1, 0.15) is 17.4 Å². The maximum atomic E-state index is 12.5. The quantitative estimate of drug-likeness (QED) is 0.840. The van der Waals surface area contributed by atoms with E-state index in [2.05, 4.69) is 10.3 Å². The number of aromatic nitrogens is 3. The molecule has 0 spiro atoms. The van der Waals surface area contributed by atoms with Gasteiger partial charge >= 0.3 is 0 Å². The Morgan fingerprint density at radius 1 is 1.48 bits per heavy atom. The van der Waals surface area contributed by atoms with Crippen LogP contribution in [0.3, 0.4) is 0 Å².